The van der Waals surface area contributed by atoms with Crippen LogP contribution in [0.2, 0.25) is 0 Å². The molecule has 4 heterocycles. The van der Waals surface area contributed by atoms with Gasteiger partial charge in [0.25, 0.3) is 0 Å². The third-order valence-electron chi connectivity index (χ3n) is 8.06. The van der Waals surface area contributed by atoms with E-state index in [0.29, 0.717) is 31.4 Å². The predicted octanol–water partition coefficient (Wildman–Crippen LogP) is 2.02. The van der Waals surface area contributed by atoms with E-state index in [9.17, 15) is 14.7 Å². The molecule has 5 fully saturated rings. The first-order chi connectivity index (χ1) is 11.9. The molecule has 0 unspecified atom stereocenters. The molecule has 1 aromatic heterocycles. The maximum atomic E-state index is 12.8. The van der Waals surface area contributed by atoms with Crippen molar-refractivity contribution in [3.63, 3.8) is 0 Å². The van der Waals surface area contributed by atoms with Gasteiger partial charge < -0.3 is 19.0 Å². The van der Waals surface area contributed by atoms with Crippen molar-refractivity contribution in [3.8, 4) is 0 Å². The minimum atomic E-state index is -1.45. The van der Waals surface area contributed by atoms with Gasteiger partial charge in [-0.05, 0) is 31.7 Å². The number of hydrogen-bond acceptors (Lipinski definition) is 6. The summed E-state index contributed by atoms with van der Waals surface area (Å²) in [6.07, 6.45) is 3.59. The summed E-state index contributed by atoms with van der Waals surface area (Å²) in [6.45, 7) is 2.16. The highest BCUT2D eigenvalue weighted by atomic mass is 16.6. The molecule has 1 spiro atoms. The Morgan fingerprint density at radius 3 is 2.88 bits per heavy atom. The minimum absolute atomic E-state index is 0.0620. The molecule has 6 aliphatic rings. The number of esters is 1. The Morgan fingerprint density at radius 2 is 2.12 bits per heavy atom. The maximum absolute atomic E-state index is 12.8. The van der Waals surface area contributed by atoms with Crippen LogP contribution in [0, 0.1) is 22.7 Å². The van der Waals surface area contributed by atoms with E-state index >= 15 is 0 Å². The molecule has 0 amide bonds. The Labute approximate surface area is 144 Å². The lowest BCUT2D eigenvalue weighted by molar-refractivity contribution is -0.373. The van der Waals surface area contributed by atoms with E-state index in [1.807, 2.05) is 0 Å². The molecular weight excluding hydrogens is 324 g/mol. The van der Waals surface area contributed by atoms with E-state index in [-0.39, 0.29) is 41.0 Å². The summed E-state index contributed by atoms with van der Waals surface area (Å²) in [4.78, 5) is 25.5. The maximum Gasteiger partial charge on any atom is 0.318 e. The Kier molecular flexibility index (Phi) is 2.33. The van der Waals surface area contributed by atoms with Gasteiger partial charge in [-0.25, -0.2) is 0 Å². The Balaban J connectivity index is 1.57. The summed E-state index contributed by atoms with van der Waals surface area (Å²) in [5, 5.41) is 11.0. The number of rotatable bonds is 0. The third-order valence-corrected chi connectivity index (χ3v) is 8.06. The van der Waals surface area contributed by atoms with Gasteiger partial charge >= 0.3 is 5.97 Å². The van der Waals surface area contributed by atoms with E-state index in [4.69, 9.17) is 13.9 Å². The Hall–Kier alpha value is -1.66. The van der Waals surface area contributed by atoms with Crippen molar-refractivity contribution in [3.05, 3.63) is 23.7 Å². The average molecular weight is 344 g/mol. The summed E-state index contributed by atoms with van der Waals surface area (Å²) in [7, 11) is 0. The van der Waals surface area contributed by atoms with Crippen LogP contribution in [0.25, 0.3) is 0 Å². The zero-order valence-electron chi connectivity index (χ0n) is 14.0. The van der Waals surface area contributed by atoms with Crippen LogP contribution in [0.1, 0.15) is 54.6 Å². The molecule has 3 aliphatic carbocycles. The third kappa shape index (κ3) is 1.33. The van der Waals surface area contributed by atoms with E-state index in [0.717, 1.165) is 12.2 Å². The zero-order chi connectivity index (χ0) is 17.2. The number of furan rings is 1. The topological polar surface area (TPSA) is 86.0 Å². The molecule has 2 saturated carbocycles. The largest absolute Gasteiger partial charge is 0.468 e. The molecule has 3 saturated heterocycles. The summed E-state index contributed by atoms with van der Waals surface area (Å²) in [6, 6.07) is 1.75. The molecule has 0 radical (unpaired) electrons. The fourth-order valence-corrected chi connectivity index (χ4v) is 6.94. The van der Waals surface area contributed by atoms with Crippen LogP contribution < -0.4 is 0 Å². The Morgan fingerprint density at radius 1 is 1.28 bits per heavy atom. The van der Waals surface area contributed by atoms with Crippen LogP contribution in [0.15, 0.2) is 16.7 Å². The molecule has 3 aliphatic heterocycles. The summed E-state index contributed by atoms with van der Waals surface area (Å²) in [5.74, 6) is -0.942. The number of fused-ring (bicyclic) bond motifs is 5. The molecule has 7 atom stereocenters. The number of hydrogen-bond donors (Lipinski definition) is 1. The smallest absolute Gasteiger partial charge is 0.318 e. The van der Waals surface area contributed by atoms with E-state index in [1.165, 1.54) is 0 Å². The van der Waals surface area contributed by atoms with E-state index in [2.05, 4.69) is 0 Å². The van der Waals surface area contributed by atoms with Gasteiger partial charge in [-0.3, -0.25) is 9.59 Å². The number of ether oxygens (including phenoxy) is 2. The lowest BCUT2D eigenvalue weighted by Gasteiger charge is -2.66. The number of carbonyl (C=O) groups excluding carboxylic acids is 2. The van der Waals surface area contributed by atoms with Crippen molar-refractivity contribution in [2.75, 3.05) is 6.61 Å². The number of aliphatic hydroxyl groups is 1. The number of Topliss-reactive ketones (excluding diaryl/α,β-unsaturated/α-hetero) is 1. The van der Waals surface area contributed by atoms with E-state index < -0.39 is 11.2 Å². The van der Waals surface area contributed by atoms with Gasteiger partial charge in [-0.2, -0.15) is 0 Å². The predicted molar refractivity (Wildman–Crippen MR) is 82.5 cm³/mol. The fourth-order valence-electron chi connectivity index (χ4n) is 6.94. The highest BCUT2D eigenvalue weighted by Gasteiger charge is 2.80. The first-order valence-corrected chi connectivity index (χ1v) is 9.09. The van der Waals surface area contributed by atoms with Crippen molar-refractivity contribution in [1.29, 1.82) is 0 Å². The van der Waals surface area contributed by atoms with Crippen LogP contribution in [-0.2, 0) is 14.3 Å². The Bertz CT molecular complexity index is 816. The van der Waals surface area contributed by atoms with Crippen molar-refractivity contribution >= 4 is 11.8 Å². The van der Waals surface area contributed by atoms with Crippen molar-refractivity contribution in [2.24, 2.45) is 22.7 Å². The molecule has 1 N–H and O–H groups in total. The molecule has 25 heavy (non-hydrogen) atoms. The van der Waals surface area contributed by atoms with Gasteiger partial charge in [0, 0.05) is 30.1 Å². The second-order valence-electron chi connectivity index (χ2n) is 8.70. The van der Waals surface area contributed by atoms with Crippen molar-refractivity contribution < 1.29 is 28.6 Å². The summed E-state index contributed by atoms with van der Waals surface area (Å²) < 4.78 is 17.4. The van der Waals surface area contributed by atoms with Gasteiger partial charge in [0.1, 0.15) is 17.3 Å². The molecule has 0 aromatic carbocycles. The molecule has 1 aromatic rings. The molecule has 7 rings (SSSR count). The van der Waals surface area contributed by atoms with Crippen LogP contribution >= 0.6 is 0 Å². The van der Waals surface area contributed by atoms with E-state index in [1.54, 1.807) is 19.3 Å². The SMILES string of the molecule is C[C@]12C(=O)O[C@@H]3C[C@H]4c5occc5C(=O)C[C@H]4[C@]4(CC[C@@]1(O)OC4)[C@@H]32. The van der Waals surface area contributed by atoms with Crippen LogP contribution in [0.4, 0.5) is 0 Å². The molecule has 2 bridgehead atoms. The number of ketones is 1. The lowest BCUT2D eigenvalue weighted by Crippen LogP contribution is -2.72. The van der Waals surface area contributed by atoms with Crippen LogP contribution in [0.3, 0.4) is 0 Å². The van der Waals surface area contributed by atoms with Gasteiger partial charge in [-0.1, -0.05) is 0 Å². The lowest BCUT2D eigenvalue weighted by atomic mass is 9.41. The summed E-state index contributed by atoms with van der Waals surface area (Å²) in [5.41, 5.74) is -0.697. The van der Waals surface area contributed by atoms with Crippen LogP contribution in [0.5, 0.6) is 0 Å². The second kappa shape index (κ2) is 4.01. The van der Waals surface area contributed by atoms with Crippen molar-refractivity contribution in [2.45, 2.75) is 50.4 Å². The molecule has 6 heteroatoms. The summed E-state index contributed by atoms with van der Waals surface area (Å²) >= 11 is 0. The molecule has 132 valence electrons. The average Bonchev–Trinajstić information content (AvgIpc) is 3.17. The monoisotopic (exact) mass is 344 g/mol. The normalized spacial score (nSPS) is 52.4. The number of carbonyl (C=O) groups is 2. The first kappa shape index (κ1) is 14.5. The molecule has 6 nitrogen and oxygen atoms in total. The van der Waals surface area contributed by atoms with Gasteiger partial charge in [0.05, 0.1) is 18.4 Å². The standard InChI is InChI=1S/C19H20O6/c1-17-15-13(25-16(17)21)6-10-11(7-12(20)9-2-5-23-14(9)10)18(15)3-4-19(17,22)24-8-18/h2,5,10-11,13,15,22H,3-4,6-8H2,1H3/t10-,11-,13-,15+,17+,18-,19-/m1/s1. The first-order valence-electron chi connectivity index (χ1n) is 9.09. The van der Waals surface area contributed by atoms with Gasteiger partial charge in [0.2, 0.25) is 0 Å². The minimum Gasteiger partial charge on any atom is -0.468 e. The quantitative estimate of drug-likeness (QED) is 0.725. The molecular formula is C19H20O6. The highest BCUT2D eigenvalue weighted by molar-refractivity contribution is 5.98. The fraction of sp³-hybridized carbons (Fsp3) is 0.684. The van der Waals surface area contributed by atoms with Gasteiger partial charge in [0.15, 0.2) is 11.6 Å². The zero-order valence-corrected chi connectivity index (χ0v) is 14.0. The van der Waals surface area contributed by atoms with Crippen LogP contribution in [-0.4, -0.2) is 35.4 Å². The highest BCUT2D eigenvalue weighted by Crippen LogP contribution is 2.73. The second-order valence-corrected chi connectivity index (χ2v) is 8.70. The van der Waals surface area contributed by atoms with Gasteiger partial charge in [-0.15, -0.1) is 0 Å². The van der Waals surface area contributed by atoms with Crippen molar-refractivity contribution in [1.82, 2.24) is 0 Å².